The summed E-state index contributed by atoms with van der Waals surface area (Å²) in [7, 11) is 0. The summed E-state index contributed by atoms with van der Waals surface area (Å²) >= 11 is 0. The van der Waals surface area contributed by atoms with Gasteiger partial charge in [0.25, 0.3) is 0 Å². The number of imidazole rings is 1. The zero-order chi connectivity index (χ0) is 18.9. The van der Waals surface area contributed by atoms with Crippen LogP contribution in [0.1, 0.15) is 37.4 Å². The van der Waals surface area contributed by atoms with Crippen molar-refractivity contribution in [3.05, 3.63) is 54.7 Å². The van der Waals surface area contributed by atoms with Gasteiger partial charge in [-0.15, -0.1) is 0 Å². The van der Waals surface area contributed by atoms with Crippen molar-refractivity contribution in [1.29, 1.82) is 0 Å². The number of carbonyl (C=O) groups is 1. The molecule has 1 saturated heterocycles. The molecule has 0 unspecified atom stereocenters. The number of carbonyl (C=O) groups excluding carboxylic acids is 1. The first-order chi connectivity index (χ1) is 13.8. The zero-order valence-electron chi connectivity index (χ0n) is 15.7. The third kappa shape index (κ3) is 3.42. The van der Waals surface area contributed by atoms with Gasteiger partial charge < -0.3 is 9.88 Å². The molecule has 0 bridgehead atoms. The summed E-state index contributed by atoms with van der Waals surface area (Å²) in [6.45, 7) is 1.65. The van der Waals surface area contributed by atoms with Gasteiger partial charge in [-0.3, -0.25) is 4.79 Å². The summed E-state index contributed by atoms with van der Waals surface area (Å²) in [5, 5.41) is 0. The molecule has 142 valence electrons. The van der Waals surface area contributed by atoms with Crippen molar-refractivity contribution in [3.8, 4) is 22.6 Å². The molecular formula is C22H23N5O. The molecular weight excluding hydrogens is 350 g/mol. The van der Waals surface area contributed by atoms with Crippen LogP contribution in [-0.4, -0.2) is 43.8 Å². The summed E-state index contributed by atoms with van der Waals surface area (Å²) in [5.74, 6) is 2.56. The molecule has 1 atom stereocenters. The number of aromatic nitrogens is 4. The zero-order valence-corrected chi connectivity index (χ0v) is 15.7. The first kappa shape index (κ1) is 17.1. The Bertz CT molecular complexity index is 962. The molecule has 3 heterocycles. The number of likely N-dealkylation sites (tertiary alicyclic amines) is 1. The van der Waals surface area contributed by atoms with E-state index >= 15 is 0 Å². The Morgan fingerprint density at radius 1 is 0.964 bits per heavy atom. The monoisotopic (exact) mass is 373 g/mol. The second kappa shape index (κ2) is 7.19. The van der Waals surface area contributed by atoms with Gasteiger partial charge >= 0.3 is 0 Å². The van der Waals surface area contributed by atoms with Crippen LogP contribution >= 0.6 is 0 Å². The minimum absolute atomic E-state index is 0.273. The fourth-order valence-electron chi connectivity index (χ4n) is 3.88. The van der Waals surface area contributed by atoms with Crippen molar-refractivity contribution in [2.75, 3.05) is 13.1 Å². The smallest absolute Gasteiger partial charge is 0.225 e. The quantitative estimate of drug-likeness (QED) is 0.757. The Morgan fingerprint density at radius 2 is 1.75 bits per heavy atom. The van der Waals surface area contributed by atoms with Gasteiger partial charge in [-0.25, -0.2) is 15.0 Å². The first-order valence-electron chi connectivity index (χ1n) is 9.99. The lowest BCUT2D eigenvalue weighted by Gasteiger charge is -2.32. The van der Waals surface area contributed by atoms with E-state index in [1.807, 2.05) is 53.8 Å². The highest BCUT2D eigenvalue weighted by atomic mass is 16.2. The highest BCUT2D eigenvalue weighted by Gasteiger charge is 2.36. The molecule has 28 heavy (non-hydrogen) atoms. The number of amides is 1. The molecule has 2 aromatic heterocycles. The molecule has 1 aliphatic carbocycles. The Labute approximate surface area is 164 Å². The minimum Gasteiger partial charge on any atom is -0.342 e. The van der Waals surface area contributed by atoms with Crippen LogP contribution in [0.25, 0.3) is 22.6 Å². The number of piperidine rings is 1. The van der Waals surface area contributed by atoms with Gasteiger partial charge in [0, 0.05) is 48.4 Å². The third-order valence-electron chi connectivity index (χ3n) is 5.64. The molecule has 2 aliphatic rings. The topological polar surface area (TPSA) is 74.8 Å². The van der Waals surface area contributed by atoms with Crippen LogP contribution in [-0.2, 0) is 4.79 Å². The van der Waals surface area contributed by atoms with Crippen molar-refractivity contribution in [3.63, 3.8) is 0 Å². The molecule has 1 N–H and O–H groups in total. The number of benzene rings is 1. The van der Waals surface area contributed by atoms with Gasteiger partial charge in [-0.05, 0) is 25.7 Å². The van der Waals surface area contributed by atoms with E-state index in [1.165, 1.54) is 0 Å². The van der Waals surface area contributed by atoms with E-state index in [0.717, 1.165) is 61.4 Å². The Balaban J connectivity index is 1.31. The second-order valence-electron chi connectivity index (χ2n) is 7.74. The highest BCUT2D eigenvalue weighted by molar-refractivity contribution is 5.81. The summed E-state index contributed by atoms with van der Waals surface area (Å²) in [6.07, 6.45) is 9.72. The van der Waals surface area contributed by atoms with Gasteiger partial charge in [0.1, 0.15) is 5.82 Å². The molecule has 0 spiro atoms. The van der Waals surface area contributed by atoms with Gasteiger partial charge in [-0.1, -0.05) is 30.3 Å². The summed E-state index contributed by atoms with van der Waals surface area (Å²) in [4.78, 5) is 31.5. The molecule has 1 amide bonds. The maximum absolute atomic E-state index is 12.4. The standard InChI is InChI=1S/C22H23N5O/c28-22(16-8-9-16)27-10-4-7-17(14-27)21-25-13-19(26-21)18-11-23-20(24-12-18)15-5-2-1-3-6-15/h1-3,5-6,11-13,16-17H,4,7-10,14H2,(H,25,26)/t17-/m0/s1. The molecule has 3 aromatic rings. The minimum atomic E-state index is 0.273. The van der Waals surface area contributed by atoms with E-state index < -0.39 is 0 Å². The molecule has 6 heteroatoms. The molecule has 6 nitrogen and oxygen atoms in total. The highest BCUT2D eigenvalue weighted by Crippen LogP contribution is 2.34. The number of nitrogens with zero attached hydrogens (tertiary/aromatic N) is 4. The number of H-pyrrole nitrogens is 1. The lowest BCUT2D eigenvalue weighted by atomic mass is 9.97. The molecule has 1 saturated carbocycles. The number of nitrogens with one attached hydrogen (secondary N) is 1. The number of rotatable bonds is 4. The lowest BCUT2D eigenvalue weighted by molar-refractivity contribution is -0.133. The predicted molar refractivity (Wildman–Crippen MR) is 106 cm³/mol. The van der Waals surface area contributed by atoms with Crippen molar-refractivity contribution in [2.24, 2.45) is 5.92 Å². The van der Waals surface area contributed by atoms with Crippen LogP contribution in [0.5, 0.6) is 0 Å². The van der Waals surface area contributed by atoms with Gasteiger partial charge in [0.2, 0.25) is 5.91 Å². The lowest BCUT2D eigenvalue weighted by Crippen LogP contribution is -2.40. The van der Waals surface area contributed by atoms with Gasteiger partial charge in [-0.2, -0.15) is 0 Å². The maximum Gasteiger partial charge on any atom is 0.225 e. The van der Waals surface area contributed by atoms with Crippen LogP contribution in [0.3, 0.4) is 0 Å². The number of aromatic amines is 1. The largest absolute Gasteiger partial charge is 0.342 e. The SMILES string of the molecule is O=C(C1CC1)N1CCC[C@H](c2ncc(-c3cnc(-c4ccccc4)nc3)[nH]2)C1. The van der Waals surface area contributed by atoms with Gasteiger partial charge in [0.15, 0.2) is 5.82 Å². The molecule has 1 aliphatic heterocycles. The summed E-state index contributed by atoms with van der Waals surface area (Å²) in [6, 6.07) is 9.95. The fourth-order valence-corrected chi connectivity index (χ4v) is 3.88. The number of hydrogen-bond acceptors (Lipinski definition) is 4. The van der Waals surface area contributed by atoms with Crippen LogP contribution < -0.4 is 0 Å². The molecule has 1 aromatic carbocycles. The van der Waals surface area contributed by atoms with Crippen molar-refractivity contribution < 1.29 is 4.79 Å². The van der Waals surface area contributed by atoms with E-state index in [1.54, 1.807) is 0 Å². The Morgan fingerprint density at radius 3 is 2.50 bits per heavy atom. The van der Waals surface area contributed by atoms with Crippen molar-refractivity contribution in [2.45, 2.75) is 31.6 Å². The van der Waals surface area contributed by atoms with Crippen molar-refractivity contribution >= 4 is 5.91 Å². The van der Waals surface area contributed by atoms with Gasteiger partial charge in [0.05, 0.1) is 11.9 Å². The van der Waals surface area contributed by atoms with Crippen LogP contribution in [0.2, 0.25) is 0 Å². The van der Waals surface area contributed by atoms with Crippen molar-refractivity contribution in [1.82, 2.24) is 24.8 Å². The van der Waals surface area contributed by atoms with Crippen LogP contribution in [0.15, 0.2) is 48.9 Å². The third-order valence-corrected chi connectivity index (χ3v) is 5.64. The van der Waals surface area contributed by atoms with E-state index in [2.05, 4.69) is 19.9 Å². The molecule has 5 rings (SSSR count). The van der Waals surface area contributed by atoms with E-state index in [9.17, 15) is 4.79 Å². The van der Waals surface area contributed by atoms with Crippen LogP contribution in [0.4, 0.5) is 0 Å². The normalized spacial score (nSPS) is 19.6. The predicted octanol–water partition coefficient (Wildman–Crippen LogP) is 3.65. The van der Waals surface area contributed by atoms with E-state index in [4.69, 9.17) is 0 Å². The van der Waals surface area contributed by atoms with Crippen LogP contribution in [0, 0.1) is 5.92 Å². The molecule has 0 radical (unpaired) electrons. The van der Waals surface area contributed by atoms with E-state index in [-0.39, 0.29) is 11.8 Å². The van der Waals surface area contributed by atoms with E-state index in [0.29, 0.717) is 11.7 Å². The Kier molecular flexibility index (Phi) is 4.39. The maximum atomic E-state index is 12.4. The first-order valence-corrected chi connectivity index (χ1v) is 9.99. The number of hydrogen-bond donors (Lipinski definition) is 1. The fraction of sp³-hybridized carbons (Fsp3) is 0.364. The summed E-state index contributed by atoms with van der Waals surface area (Å²) < 4.78 is 0. The second-order valence-corrected chi connectivity index (χ2v) is 7.74. The summed E-state index contributed by atoms with van der Waals surface area (Å²) in [5.41, 5.74) is 2.84. The molecule has 2 fully saturated rings. The average Bonchev–Trinajstić information content (AvgIpc) is 3.50. The Hall–Kier alpha value is -3.02. The average molecular weight is 373 g/mol.